The zero-order valence-electron chi connectivity index (χ0n) is 14.9. The highest BCUT2D eigenvalue weighted by atomic mass is 127. The first-order valence-corrected chi connectivity index (χ1v) is 11.0. The van der Waals surface area contributed by atoms with Crippen LogP contribution in [0, 0.1) is 7.14 Å². The molecule has 2 aromatic carbocycles. The number of ketones is 1. The Bertz CT molecular complexity index is 939. The zero-order valence-corrected chi connectivity index (χ0v) is 19.2. The van der Waals surface area contributed by atoms with Crippen LogP contribution in [-0.4, -0.2) is 24.1 Å². The maximum atomic E-state index is 13.4. The molecule has 27 heavy (non-hydrogen) atoms. The molecule has 4 nitrogen and oxygen atoms in total. The van der Waals surface area contributed by atoms with Gasteiger partial charge < -0.3 is 14.3 Å². The van der Waals surface area contributed by atoms with Crippen molar-refractivity contribution >= 4 is 61.9 Å². The molecule has 6 heteroatoms. The van der Waals surface area contributed by atoms with Crippen molar-refractivity contribution in [3.05, 3.63) is 60.4 Å². The van der Waals surface area contributed by atoms with Crippen LogP contribution in [0.3, 0.4) is 0 Å². The standard InChI is InChI=1S/C21H20I2O4/c1-2-3-7-18-19(14-6-4-5-8-17(14)27-18)20(25)13-11-15(22)21(16(23)12-13)26-10-9-24/h4-6,8,11-12,24H,2-3,7,9-10H2,1H3. The van der Waals surface area contributed by atoms with Gasteiger partial charge in [-0.2, -0.15) is 0 Å². The van der Waals surface area contributed by atoms with Crippen molar-refractivity contribution in [2.75, 3.05) is 13.2 Å². The Balaban J connectivity index is 2.05. The topological polar surface area (TPSA) is 59.7 Å². The van der Waals surface area contributed by atoms with Crippen LogP contribution >= 0.6 is 45.2 Å². The van der Waals surface area contributed by atoms with Gasteiger partial charge in [-0.15, -0.1) is 0 Å². The Morgan fingerprint density at radius 2 is 1.89 bits per heavy atom. The Labute approximate surface area is 185 Å². The molecule has 0 spiro atoms. The highest BCUT2D eigenvalue weighted by Gasteiger charge is 2.23. The number of para-hydroxylation sites is 1. The third-order valence-corrected chi connectivity index (χ3v) is 5.85. The maximum Gasteiger partial charge on any atom is 0.197 e. The molecule has 3 rings (SSSR count). The molecule has 1 aromatic heterocycles. The number of unbranched alkanes of at least 4 members (excludes halogenated alkanes) is 1. The number of carbonyl (C=O) groups is 1. The first-order chi connectivity index (χ1) is 13.1. The minimum Gasteiger partial charge on any atom is -0.489 e. The van der Waals surface area contributed by atoms with E-state index < -0.39 is 0 Å². The second kappa shape index (κ2) is 9.38. The van der Waals surface area contributed by atoms with Crippen molar-refractivity contribution in [2.24, 2.45) is 0 Å². The molecule has 0 aliphatic rings. The number of carbonyl (C=O) groups excluding carboxylic acids is 1. The summed E-state index contributed by atoms with van der Waals surface area (Å²) >= 11 is 4.33. The van der Waals surface area contributed by atoms with Crippen LogP contribution in [0.2, 0.25) is 0 Å². The van der Waals surface area contributed by atoms with Crippen molar-refractivity contribution in [1.29, 1.82) is 0 Å². The molecule has 0 amide bonds. The molecule has 0 bridgehead atoms. The van der Waals surface area contributed by atoms with E-state index in [4.69, 9.17) is 14.3 Å². The highest BCUT2D eigenvalue weighted by molar-refractivity contribution is 14.1. The van der Waals surface area contributed by atoms with Crippen molar-refractivity contribution < 1.29 is 19.1 Å². The number of rotatable bonds is 8. The monoisotopic (exact) mass is 590 g/mol. The molecule has 0 atom stereocenters. The molecule has 0 fully saturated rings. The van der Waals surface area contributed by atoms with Crippen molar-refractivity contribution in [1.82, 2.24) is 0 Å². The molecule has 0 saturated heterocycles. The van der Waals surface area contributed by atoms with Gasteiger partial charge in [0.05, 0.1) is 19.3 Å². The lowest BCUT2D eigenvalue weighted by atomic mass is 9.98. The van der Waals surface area contributed by atoms with Gasteiger partial charge in [0.15, 0.2) is 5.78 Å². The molecule has 1 N–H and O–H groups in total. The fourth-order valence-corrected chi connectivity index (χ4v) is 5.06. The number of furan rings is 1. The normalized spacial score (nSPS) is 11.1. The van der Waals surface area contributed by atoms with Crippen molar-refractivity contribution in [2.45, 2.75) is 26.2 Å². The summed E-state index contributed by atoms with van der Waals surface area (Å²) in [5.74, 6) is 1.43. The van der Waals surface area contributed by atoms with E-state index >= 15 is 0 Å². The molecule has 142 valence electrons. The van der Waals surface area contributed by atoms with Crippen LogP contribution in [0.4, 0.5) is 0 Å². The maximum absolute atomic E-state index is 13.4. The summed E-state index contributed by atoms with van der Waals surface area (Å²) in [6, 6.07) is 11.4. The van der Waals surface area contributed by atoms with Gasteiger partial charge >= 0.3 is 0 Å². The molecular weight excluding hydrogens is 570 g/mol. The van der Waals surface area contributed by atoms with E-state index in [2.05, 4.69) is 52.1 Å². The van der Waals surface area contributed by atoms with Crippen LogP contribution in [0.5, 0.6) is 5.75 Å². The molecule has 0 aliphatic heterocycles. The van der Waals surface area contributed by atoms with Crippen LogP contribution < -0.4 is 4.74 Å². The number of aliphatic hydroxyl groups is 1. The zero-order chi connectivity index (χ0) is 19.4. The summed E-state index contributed by atoms with van der Waals surface area (Å²) in [4.78, 5) is 13.4. The molecule has 3 aromatic rings. The first kappa shape index (κ1) is 20.6. The van der Waals surface area contributed by atoms with E-state index in [0.29, 0.717) is 16.9 Å². The van der Waals surface area contributed by atoms with E-state index in [9.17, 15) is 4.79 Å². The Hall–Kier alpha value is -1.13. The van der Waals surface area contributed by atoms with Gasteiger partial charge in [-0.1, -0.05) is 31.5 Å². The van der Waals surface area contributed by atoms with E-state index in [1.807, 2.05) is 36.4 Å². The summed E-state index contributed by atoms with van der Waals surface area (Å²) < 4.78 is 13.3. The Morgan fingerprint density at radius 3 is 2.56 bits per heavy atom. The van der Waals surface area contributed by atoms with Gasteiger partial charge in [-0.25, -0.2) is 0 Å². The van der Waals surface area contributed by atoms with Crippen LogP contribution in [0.1, 0.15) is 41.4 Å². The van der Waals surface area contributed by atoms with Crippen LogP contribution in [0.15, 0.2) is 40.8 Å². The third kappa shape index (κ3) is 4.48. The van der Waals surface area contributed by atoms with Crippen molar-refractivity contribution in [3.8, 4) is 5.75 Å². The molecular formula is C21H20I2O4. The van der Waals surface area contributed by atoms with E-state index in [1.54, 1.807) is 0 Å². The van der Waals surface area contributed by atoms with Gasteiger partial charge in [0, 0.05) is 17.4 Å². The average Bonchev–Trinajstić information content (AvgIpc) is 3.03. The smallest absolute Gasteiger partial charge is 0.197 e. The minimum atomic E-state index is -0.0470. The van der Waals surface area contributed by atoms with E-state index in [-0.39, 0.29) is 19.0 Å². The number of halogens is 2. The Kier molecular flexibility index (Phi) is 7.16. The second-order valence-corrected chi connectivity index (χ2v) is 8.49. The average molecular weight is 590 g/mol. The lowest BCUT2D eigenvalue weighted by molar-refractivity contribution is 0.103. The van der Waals surface area contributed by atoms with Gasteiger partial charge in [0.25, 0.3) is 0 Å². The largest absolute Gasteiger partial charge is 0.489 e. The van der Waals surface area contributed by atoms with E-state index in [0.717, 1.165) is 43.1 Å². The SMILES string of the molecule is CCCCc1oc2ccccc2c1C(=O)c1cc(I)c(OCCO)c(I)c1. The fraction of sp³-hybridized carbons (Fsp3) is 0.286. The fourth-order valence-electron chi connectivity index (χ4n) is 2.98. The lowest BCUT2D eigenvalue weighted by Gasteiger charge is -2.11. The van der Waals surface area contributed by atoms with Gasteiger partial charge in [-0.3, -0.25) is 4.79 Å². The van der Waals surface area contributed by atoms with E-state index in [1.165, 1.54) is 0 Å². The van der Waals surface area contributed by atoms with Crippen molar-refractivity contribution in [3.63, 3.8) is 0 Å². The number of fused-ring (bicyclic) bond motifs is 1. The number of aliphatic hydroxyl groups excluding tert-OH is 1. The molecule has 0 unspecified atom stereocenters. The summed E-state index contributed by atoms with van der Waals surface area (Å²) in [5.41, 5.74) is 2.03. The Morgan fingerprint density at radius 1 is 1.19 bits per heavy atom. The molecule has 1 heterocycles. The summed E-state index contributed by atoms with van der Waals surface area (Å²) in [7, 11) is 0. The summed E-state index contributed by atoms with van der Waals surface area (Å²) in [5, 5.41) is 9.85. The summed E-state index contributed by atoms with van der Waals surface area (Å²) in [6.45, 7) is 2.31. The predicted octanol–water partition coefficient (Wildman–Crippen LogP) is 5.59. The third-order valence-electron chi connectivity index (χ3n) is 4.25. The number of ether oxygens (including phenoxy) is 1. The second-order valence-electron chi connectivity index (χ2n) is 6.17. The lowest BCUT2D eigenvalue weighted by Crippen LogP contribution is -2.08. The van der Waals surface area contributed by atoms with Gasteiger partial charge in [0.1, 0.15) is 23.7 Å². The van der Waals surface area contributed by atoms with Crippen LogP contribution in [0.25, 0.3) is 11.0 Å². The number of benzene rings is 2. The summed E-state index contributed by atoms with van der Waals surface area (Å²) in [6.07, 6.45) is 2.76. The number of aryl methyl sites for hydroxylation is 1. The molecule has 0 saturated carbocycles. The predicted molar refractivity (Wildman–Crippen MR) is 123 cm³/mol. The first-order valence-electron chi connectivity index (χ1n) is 8.84. The number of hydrogen-bond acceptors (Lipinski definition) is 4. The quantitative estimate of drug-likeness (QED) is 0.275. The molecule has 0 aliphatic carbocycles. The highest BCUT2D eigenvalue weighted by Crippen LogP contribution is 2.33. The van der Waals surface area contributed by atoms with Gasteiger partial charge in [0.2, 0.25) is 0 Å². The number of hydrogen-bond donors (Lipinski definition) is 1. The van der Waals surface area contributed by atoms with Gasteiger partial charge in [-0.05, 0) is 69.8 Å². The minimum absolute atomic E-state index is 0.0319. The van der Waals surface area contributed by atoms with Crippen LogP contribution in [-0.2, 0) is 6.42 Å². The molecule has 0 radical (unpaired) electrons.